The van der Waals surface area contributed by atoms with Crippen LogP contribution in [0.2, 0.25) is 5.02 Å². The van der Waals surface area contributed by atoms with Gasteiger partial charge in [0.1, 0.15) is 5.52 Å². The minimum absolute atomic E-state index is 0.562. The predicted molar refractivity (Wildman–Crippen MR) is 76.2 cm³/mol. The topological polar surface area (TPSA) is 52.0 Å². The molecule has 18 heavy (non-hydrogen) atoms. The number of hydrogen-bond donors (Lipinski definition) is 1. The molecule has 2 aromatic heterocycles. The smallest absolute Gasteiger partial charge is 0.230 e. The Labute approximate surface area is 113 Å². The Morgan fingerprint density at radius 2 is 2.11 bits per heavy atom. The number of nitrogens with zero attached hydrogens (tertiary/aromatic N) is 1. The van der Waals surface area contributed by atoms with Crippen LogP contribution in [-0.2, 0) is 0 Å². The third-order valence-corrected chi connectivity index (χ3v) is 4.25. The van der Waals surface area contributed by atoms with Crippen LogP contribution < -0.4 is 5.73 Å². The molecule has 0 aliphatic heterocycles. The van der Waals surface area contributed by atoms with Crippen LogP contribution in [-0.4, -0.2) is 4.98 Å². The molecule has 3 nitrogen and oxygen atoms in total. The number of nitrogen functional groups attached to an aromatic ring is 1. The molecule has 92 valence electrons. The van der Waals surface area contributed by atoms with Gasteiger partial charge >= 0.3 is 0 Å². The van der Waals surface area contributed by atoms with Crippen LogP contribution in [0.1, 0.15) is 10.4 Å². The largest absolute Gasteiger partial charge is 0.436 e. The van der Waals surface area contributed by atoms with Gasteiger partial charge in [-0.25, -0.2) is 4.98 Å². The fraction of sp³-hybridized carbons (Fsp3) is 0.154. The molecule has 0 aliphatic carbocycles. The normalized spacial score (nSPS) is 11.3. The summed E-state index contributed by atoms with van der Waals surface area (Å²) in [7, 11) is 0. The monoisotopic (exact) mass is 278 g/mol. The molecule has 0 unspecified atom stereocenters. The minimum atomic E-state index is 0.562. The summed E-state index contributed by atoms with van der Waals surface area (Å²) < 4.78 is 5.74. The second-order valence-corrected chi connectivity index (χ2v) is 5.85. The molecule has 0 aliphatic rings. The quantitative estimate of drug-likeness (QED) is 0.717. The Morgan fingerprint density at radius 1 is 1.33 bits per heavy atom. The van der Waals surface area contributed by atoms with E-state index in [9.17, 15) is 0 Å². The first kappa shape index (κ1) is 11.6. The lowest BCUT2D eigenvalue weighted by molar-refractivity contribution is 0.620. The Bertz CT molecular complexity index is 745. The Hall–Kier alpha value is -1.52. The number of aryl methyl sites for hydroxylation is 1. The minimum Gasteiger partial charge on any atom is -0.436 e. The number of thiophene rings is 1. The van der Waals surface area contributed by atoms with Crippen molar-refractivity contribution in [1.29, 1.82) is 0 Å². The molecule has 2 heterocycles. The second-order valence-electron chi connectivity index (χ2n) is 4.15. The van der Waals surface area contributed by atoms with E-state index in [1.165, 1.54) is 4.88 Å². The summed E-state index contributed by atoms with van der Waals surface area (Å²) in [6.07, 6.45) is 0. The number of fused-ring (bicyclic) bond motifs is 1. The van der Waals surface area contributed by atoms with Crippen molar-refractivity contribution in [3.63, 3.8) is 0 Å². The van der Waals surface area contributed by atoms with Crippen molar-refractivity contribution in [2.45, 2.75) is 13.8 Å². The highest BCUT2D eigenvalue weighted by atomic mass is 35.5. The molecule has 0 saturated heterocycles. The molecular formula is C13H11ClN2OS. The number of rotatable bonds is 1. The molecule has 0 atom stereocenters. The van der Waals surface area contributed by atoms with Gasteiger partial charge in [-0.1, -0.05) is 11.6 Å². The summed E-state index contributed by atoms with van der Waals surface area (Å²) in [5, 5.41) is 1.39. The Morgan fingerprint density at radius 3 is 2.78 bits per heavy atom. The number of halogens is 1. The van der Waals surface area contributed by atoms with Crippen LogP contribution >= 0.6 is 22.9 Å². The van der Waals surface area contributed by atoms with E-state index in [4.69, 9.17) is 21.8 Å². The van der Waals surface area contributed by atoms with Crippen LogP contribution in [0, 0.1) is 13.8 Å². The van der Waals surface area contributed by atoms with Gasteiger partial charge in [-0.05, 0) is 37.6 Å². The van der Waals surface area contributed by atoms with Crippen molar-refractivity contribution in [2.75, 3.05) is 5.73 Å². The van der Waals surface area contributed by atoms with Gasteiger partial charge in [-0.2, -0.15) is 0 Å². The number of hydrogen-bond acceptors (Lipinski definition) is 4. The molecular weight excluding hydrogens is 268 g/mol. The van der Waals surface area contributed by atoms with E-state index >= 15 is 0 Å². The molecule has 5 heteroatoms. The van der Waals surface area contributed by atoms with Crippen molar-refractivity contribution >= 4 is 39.0 Å². The van der Waals surface area contributed by atoms with Crippen molar-refractivity contribution in [2.24, 2.45) is 0 Å². The first-order valence-corrected chi connectivity index (χ1v) is 6.67. The van der Waals surface area contributed by atoms with Gasteiger partial charge in [0, 0.05) is 9.90 Å². The summed E-state index contributed by atoms with van der Waals surface area (Å²) in [5.74, 6) is 0.562. The van der Waals surface area contributed by atoms with E-state index in [2.05, 4.69) is 4.98 Å². The molecule has 0 bridgehead atoms. The maximum atomic E-state index is 6.02. The molecule has 0 amide bonds. The van der Waals surface area contributed by atoms with E-state index < -0.39 is 0 Å². The van der Waals surface area contributed by atoms with Gasteiger partial charge in [-0.15, -0.1) is 11.3 Å². The molecule has 1 aromatic carbocycles. The average molecular weight is 279 g/mol. The second kappa shape index (κ2) is 4.00. The molecule has 0 radical (unpaired) electrons. The van der Waals surface area contributed by atoms with E-state index in [1.54, 1.807) is 23.5 Å². The van der Waals surface area contributed by atoms with Gasteiger partial charge in [0.05, 0.1) is 10.6 Å². The zero-order valence-corrected chi connectivity index (χ0v) is 11.5. The highest BCUT2D eigenvalue weighted by molar-refractivity contribution is 7.16. The average Bonchev–Trinajstić information content (AvgIpc) is 2.80. The number of aromatic nitrogens is 1. The lowest BCUT2D eigenvalue weighted by atomic mass is 10.1. The molecule has 2 N–H and O–H groups in total. The summed E-state index contributed by atoms with van der Waals surface area (Å²) >= 11 is 7.49. The number of nitrogens with two attached hydrogens (primary N) is 1. The van der Waals surface area contributed by atoms with Crippen LogP contribution in [0.15, 0.2) is 22.6 Å². The Kier molecular flexibility index (Phi) is 2.57. The first-order chi connectivity index (χ1) is 8.56. The highest BCUT2D eigenvalue weighted by Crippen LogP contribution is 2.38. The van der Waals surface area contributed by atoms with Gasteiger partial charge < -0.3 is 10.2 Å². The lowest BCUT2D eigenvalue weighted by Gasteiger charge is -1.95. The van der Waals surface area contributed by atoms with Crippen molar-refractivity contribution in [1.82, 2.24) is 4.98 Å². The lowest BCUT2D eigenvalue weighted by Crippen LogP contribution is -1.85. The third kappa shape index (κ3) is 1.69. The molecule has 3 aromatic rings. The zero-order valence-electron chi connectivity index (χ0n) is 9.95. The zero-order chi connectivity index (χ0) is 12.9. The van der Waals surface area contributed by atoms with Crippen molar-refractivity contribution in [3.05, 3.63) is 33.7 Å². The predicted octanol–water partition coefficient (Wildman–Crippen LogP) is 4.41. The fourth-order valence-corrected chi connectivity index (χ4v) is 3.02. The Balaban J connectivity index is 2.25. The number of anilines is 1. The van der Waals surface area contributed by atoms with E-state index in [-0.39, 0.29) is 0 Å². The molecule has 0 fully saturated rings. The summed E-state index contributed by atoms with van der Waals surface area (Å²) in [6, 6.07) is 5.39. The molecule has 3 rings (SSSR count). The van der Waals surface area contributed by atoms with E-state index in [0.29, 0.717) is 10.9 Å². The third-order valence-electron chi connectivity index (χ3n) is 2.98. The van der Waals surface area contributed by atoms with Gasteiger partial charge in [-0.3, -0.25) is 0 Å². The maximum Gasteiger partial charge on any atom is 0.230 e. The number of oxazole rings is 1. The highest BCUT2D eigenvalue weighted by Gasteiger charge is 2.17. The van der Waals surface area contributed by atoms with Crippen molar-refractivity contribution in [3.8, 4) is 11.5 Å². The summed E-state index contributed by atoms with van der Waals surface area (Å²) in [4.78, 5) is 5.64. The van der Waals surface area contributed by atoms with Gasteiger partial charge in [0.2, 0.25) is 5.89 Å². The van der Waals surface area contributed by atoms with Crippen LogP contribution in [0.5, 0.6) is 0 Å². The van der Waals surface area contributed by atoms with Gasteiger partial charge in [0.25, 0.3) is 0 Å². The van der Waals surface area contributed by atoms with E-state index in [1.807, 2.05) is 19.9 Å². The van der Waals surface area contributed by atoms with Crippen LogP contribution in [0.25, 0.3) is 22.6 Å². The SMILES string of the molecule is Cc1sc(N)c(-c2nc3cc(Cl)ccc3o2)c1C. The van der Waals surface area contributed by atoms with Gasteiger partial charge in [0.15, 0.2) is 5.58 Å². The standard InChI is InChI=1S/C13H11ClN2OS/c1-6-7(2)18-12(15)11(6)13-16-9-5-8(14)3-4-10(9)17-13/h3-5H,15H2,1-2H3. The fourth-order valence-electron chi connectivity index (χ4n) is 1.93. The number of benzene rings is 1. The van der Waals surface area contributed by atoms with Crippen LogP contribution in [0.3, 0.4) is 0 Å². The summed E-state index contributed by atoms with van der Waals surface area (Å²) in [5.41, 5.74) is 9.50. The molecule has 0 saturated carbocycles. The van der Waals surface area contributed by atoms with Crippen molar-refractivity contribution < 1.29 is 4.42 Å². The van der Waals surface area contributed by atoms with E-state index in [0.717, 1.165) is 27.2 Å². The first-order valence-electron chi connectivity index (χ1n) is 5.48. The summed E-state index contributed by atoms with van der Waals surface area (Å²) in [6.45, 7) is 4.07. The molecule has 0 spiro atoms. The van der Waals surface area contributed by atoms with Crippen LogP contribution in [0.4, 0.5) is 5.00 Å². The maximum absolute atomic E-state index is 6.02.